The van der Waals surface area contributed by atoms with Gasteiger partial charge >= 0.3 is 0 Å². The zero-order valence-corrected chi connectivity index (χ0v) is 11.1. The van der Waals surface area contributed by atoms with Crippen LogP contribution < -0.4 is 0 Å². The maximum atomic E-state index is 2.50. The molecule has 84 valence electrons. The molecule has 0 aromatic rings. The first-order valence-corrected chi connectivity index (χ1v) is 6.36. The van der Waals surface area contributed by atoms with Crippen LogP contribution in [0, 0.1) is 35.0 Å². The van der Waals surface area contributed by atoms with Gasteiger partial charge in [-0.15, -0.1) is 0 Å². The van der Waals surface area contributed by atoms with Crippen LogP contribution in [0.4, 0.5) is 0 Å². The molecule has 14 heavy (non-hydrogen) atoms. The predicted octanol–water partition coefficient (Wildman–Crippen LogP) is 4.60. The zero-order valence-electron chi connectivity index (χ0n) is 11.1. The van der Waals surface area contributed by atoms with Gasteiger partial charge in [0.25, 0.3) is 0 Å². The summed E-state index contributed by atoms with van der Waals surface area (Å²) in [7, 11) is 0. The van der Waals surface area contributed by atoms with Gasteiger partial charge in [0.05, 0.1) is 0 Å². The van der Waals surface area contributed by atoms with E-state index >= 15 is 0 Å². The van der Waals surface area contributed by atoms with Crippen LogP contribution in [0.2, 0.25) is 0 Å². The molecular weight excluding hydrogens is 168 g/mol. The zero-order chi connectivity index (χ0) is 11.1. The second-order valence-corrected chi connectivity index (χ2v) is 6.01. The van der Waals surface area contributed by atoms with Crippen molar-refractivity contribution in [1.29, 1.82) is 0 Å². The SMILES string of the molecule is CCC1(C)C(C)C(C)C(C)C(C)C1C. The number of hydrogen-bond acceptors (Lipinski definition) is 0. The molecule has 0 aromatic heterocycles. The molecule has 0 saturated heterocycles. The Bertz CT molecular complexity index is 178. The Labute approximate surface area is 90.5 Å². The molecule has 1 aliphatic carbocycles. The lowest BCUT2D eigenvalue weighted by molar-refractivity contribution is -0.0536. The lowest BCUT2D eigenvalue weighted by atomic mass is 9.51. The average molecular weight is 196 g/mol. The van der Waals surface area contributed by atoms with Gasteiger partial charge in [0.15, 0.2) is 0 Å². The van der Waals surface area contributed by atoms with Gasteiger partial charge in [0.1, 0.15) is 0 Å². The van der Waals surface area contributed by atoms with E-state index < -0.39 is 0 Å². The van der Waals surface area contributed by atoms with E-state index in [1.807, 2.05) is 0 Å². The molecular formula is C14H28. The first-order valence-electron chi connectivity index (χ1n) is 6.36. The minimum Gasteiger partial charge on any atom is -0.0648 e. The summed E-state index contributed by atoms with van der Waals surface area (Å²) in [6.07, 6.45) is 1.33. The van der Waals surface area contributed by atoms with Crippen molar-refractivity contribution >= 4 is 0 Å². The molecule has 1 aliphatic rings. The first-order chi connectivity index (χ1) is 6.36. The molecule has 0 spiro atoms. The van der Waals surface area contributed by atoms with Gasteiger partial charge in [-0.25, -0.2) is 0 Å². The van der Waals surface area contributed by atoms with Crippen LogP contribution in [-0.4, -0.2) is 0 Å². The van der Waals surface area contributed by atoms with Gasteiger partial charge in [-0.2, -0.15) is 0 Å². The summed E-state index contributed by atoms with van der Waals surface area (Å²) < 4.78 is 0. The van der Waals surface area contributed by atoms with E-state index in [0.717, 1.165) is 29.6 Å². The Kier molecular flexibility index (Phi) is 3.33. The van der Waals surface area contributed by atoms with Crippen molar-refractivity contribution in [3.05, 3.63) is 0 Å². The van der Waals surface area contributed by atoms with E-state index in [1.165, 1.54) is 6.42 Å². The van der Waals surface area contributed by atoms with E-state index in [1.54, 1.807) is 0 Å². The highest BCUT2D eigenvalue weighted by Crippen LogP contribution is 2.54. The molecule has 1 rings (SSSR count). The van der Waals surface area contributed by atoms with Crippen molar-refractivity contribution in [2.75, 3.05) is 0 Å². The number of rotatable bonds is 1. The third kappa shape index (κ3) is 1.51. The quantitative estimate of drug-likeness (QED) is 0.575. The van der Waals surface area contributed by atoms with E-state index in [4.69, 9.17) is 0 Å². The third-order valence-electron chi connectivity index (χ3n) is 6.08. The molecule has 4 atom stereocenters. The van der Waals surface area contributed by atoms with E-state index in [9.17, 15) is 0 Å². The standard InChI is InChI=1S/C14H28/c1-8-14(7)12(5)10(3)9(2)11(4)13(14)6/h9-13H,8H2,1-7H3. The molecule has 0 radical (unpaired) electrons. The van der Waals surface area contributed by atoms with Gasteiger partial charge < -0.3 is 0 Å². The van der Waals surface area contributed by atoms with E-state index in [0.29, 0.717) is 5.41 Å². The average Bonchev–Trinajstić information content (AvgIpc) is 2.21. The predicted molar refractivity (Wildman–Crippen MR) is 64.2 cm³/mol. The van der Waals surface area contributed by atoms with Crippen molar-refractivity contribution in [1.82, 2.24) is 0 Å². The molecule has 1 fully saturated rings. The molecule has 0 nitrogen and oxygen atoms in total. The lowest BCUT2D eigenvalue weighted by Crippen LogP contribution is -2.47. The van der Waals surface area contributed by atoms with Gasteiger partial charge in [-0.3, -0.25) is 0 Å². The highest BCUT2D eigenvalue weighted by atomic mass is 14.5. The monoisotopic (exact) mass is 196 g/mol. The highest BCUT2D eigenvalue weighted by molar-refractivity contribution is 4.96. The topological polar surface area (TPSA) is 0 Å². The normalized spacial score (nSPS) is 54.6. The minimum atomic E-state index is 0.561. The fraction of sp³-hybridized carbons (Fsp3) is 1.00. The first kappa shape index (κ1) is 12.1. The molecule has 0 bridgehead atoms. The van der Waals surface area contributed by atoms with Crippen LogP contribution >= 0.6 is 0 Å². The fourth-order valence-electron chi connectivity index (χ4n) is 3.65. The number of hydrogen-bond donors (Lipinski definition) is 0. The summed E-state index contributed by atoms with van der Waals surface area (Å²) >= 11 is 0. The van der Waals surface area contributed by atoms with Crippen molar-refractivity contribution in [2.24, 2.45) is 35.0 Å². The van der Waals surface area contributed by atoms with Crippen molar-refractivity contribution < 1.29 is 0 Å². The van der Waals surface area contributed by atoms with Gasteiger partial charge in [0.2, 0.25) is 0 Å². The summed E-state index contributed by atoms with van der Waals surface area (Å²) in [4.78, 5) is 0. The molecule has 0 aliphatic heterocycles. The van der Waals surface area contributed by atoms with Crippen molar-refractivity contribution in [3.63, 3.8) is 0 Å². The van der Waals surface area contributed by atoms with Crippen molar-refractivity contribution in [3.8, 4) is 0 Å². The van der Waals surface area contributed by atoms with Crippen LogP contribution in [0.15, 0.2) is 0 Å². The second kappa shape index (κ2) is 3.87. The summed E-state index contributed by atoms with van der Waals surface area (Å²) in [5.74, 6) is 4.39. The molecule has 0 N–H and O–H groups in total. The summed E-state index contributed by atoms with van der Waals surface area (Å²) in [6.45, 7) is 17.1. The summed E-state index contributed by atoms with van der Waals surface area (Å²) in [5.41, 5.74) is 0.561. The molecule has 0 heteroatoms. The Morgan fingerprint density at radius 1 is 0.786 bits per heavy atom. The second-order valence-electron chi connectivity index (χ2n) is 6.01. The van der Waals surface area contributed by atoms with Crippen molar-refractivity contribution in [2.45, 2.75) is 54.9 Å². The Morgan fingerprint density at radius 2 is 1.14 bits per heavy atom. The Balaban J connectivity index is 2.98. The van der Waals surface area contributed by atoms with Crippen LogP contribution in [-0.2, 0) is 0 Å². The van der Waals surface area contributed by atoms with Crippen LogP contribution in [0.3, 0.4) is 0 Å². The molecule has 0 heterocycles. The largest absolute Gasteiger partial charge is 0.0648 e. The maximum Gasteiger partial charge on any atom is -0.0272 e. The fourth-order valence-corrected chi connectivity index (χ4v) is 3.65. The maximum absolute atomic E-state index is 2.50. The summed E-state index contributed by atoms with van der Waals surface area (Å²) in [5, 5.41) is 0. The third-order valence-corrected chi connectivity index (χ3v) is 6.08. The highest BCUT2D eigenvalue weighted by Gasteiger charge is 2.47. The molecule has 4 unspecified atom stereocenters. The molecule has 1 saturated carbocycles. The molecule has 0 amide bonds. The van der Waals surface area contributed by atoms with E-state index in [2.05, 4.69) is 48.5 Å². The van der Waals surface area contributed by atoms with Crippen LogP contribution in [0.5, 0.6) is 0 Å². The van der Waals surface area contributed by atoms with Gasteiger partial charge in [0, 0.05) is 0 Å². The lowest BCUT2D eigenvalue weighted by Gasteiger charge is -2.54. The van der Waals surface area contributed by atoms with Gasteiger partial charge in [-0.1, -0.05) is 54.9 Å². The Hall–Kier alpha value is 0. The van der Waals surface area contributed by atoms with Crippen LogP contribution in [0.1, 0.15) is 54.9 Å². The van der Waals surface area contributed by atoms with Gasteiger partial charge in [-0.05, 0) is 35.0 Å². The minimum absolute atomic E-state index is 0.561. The Morgan fingerprint density at radius 3 is 1.43 bits per heavy atom. The van der Waals surface area contributed by atoms with E-state index in [-0.39, 0.29) is 0 Å². The molecule has 0 aromatic carbocycles. The van der Waals surface area contributed by atoms with Crippen LogP contribution in [0.25, 0.3) is 0 Å². The summed E-state index contributed by atoms with van der Waals surface area (Å²) in [6, 6.07) is 0. The smallest absolute Gasteiger partial charge is 0.0272 e.